The Morgan fingerprint density at radius 1 is 0.486 bits per heavy atom. The molecular weight excluding hydrogens is 464 g/mol. The highest BCUT2D eigenvalue weighted by atomic mass is 32.1. The van der Waals surface area contributed by atoms with Gasteiger partial charge in [-0.05, 0) is 67.3 Å². The summed E-state index contributed by atoms with van der Waals surface area (Å²) in [4.78, 5) is 0. The van der Waals surface area contributed by atoms with Gasteiger partial charge >= 0.3 is 0 Å². The molecule has 0 spiro atoms. The Bertz CT molecular complexity index is 1580. The predicted octanol–water partition coefficient (Wildman–Crippen LogP) is 11.3. The molecule has 1 aromatic heterocycles. The zero-order valence-electron chi connectivity index (χ0n) is 23.9. The average molecular weight is 505 g/mol. The summed E-state index contributed by atoms with van der Waals surface area (Å²) in [5.41, 5.74) is 9.69. The lowest BCUT2D eigenvalue weighted by Crippen LogP contribution is -2.18. The van der Waals surface area contributed by atoms with Crippen LogP contribution in [0.4, 0.5) is 0 Å². The van der Waals surface area contributed by atoms with E-state index >= 15 is 0 Å². The second kappa shape index (κ2) is 8.84. The molecule has 0 nitrogen and oxygen atoms in total. The number of rotatable bonds is 2. The Hall–Kier alpha value is -2.90. The molecule has 0 saturated carbocycles. The van der Waals surface area contributed by atoms with Gasteiger partial charge in [-0.15, -0.1) is 11.3 Å². The summed E-state index contributed by atoms with van der Waals surface area (Å²) in [6.07, 6.45) is 0. The summed E-state index contributed by atoms with van der Waals surface area (Å²) in [5.74, 6) is 0. The van der Waals surface area contributed by atoms with Gasteiger partial charge < -0.3 is 0 Å². The summed E-state index contributed by atoms with van der Waals surface area (Å²) in [7, 11) is 0. The molecule has 0 aliphatic heterocycles. The standard InChI is InChI=1S/C36H40S/c1-34(2,3)24-20-23(21-25(22-24)35(4,5)6)26-15-12-17-28(33(26)36(7,8)9)27-16-13-19-31-32(27)29-14-10-11-18-30(29)37-31/h10-22H,1-9H3. The zero-order chi connectivity index (χ0) is 26.8. The topological polar surface area (TPSA) is 0 Å². The number of hydrogen-bond donors (Lipinski definition) is 0. The van der Waals surface area contributed by atoms with E-state index in [-0.39, 0.29) is 16.2 Å². The first-order valence-electron chi connectivity index (χ1n) is 13.5. The minimum atomic E-state index is -0.0282. The third-order valence-corrected chi connectivity index (χ3v) is 8.62. The lowest BCUT2D eigenvalue weighted by molar-refractivity contribution is 0.568. The molecule has 5 rings (SSSR count). The van der Waals surface area contributed by atoms with Crippen LogP contribution in [0.15, 0.2) is 78.9 Å². The first-order chi connectivity index (χ1) is 17.2. The van der Waals surface area contributed by atoms with Crippen LogP contribution in [0, 0.1) is 0 Å². The molecule has 0 bridgehead atoms. The summed E-state index contributed by atoms with van der Waals surface area (Å²) in [5, 5.41) is 2.73. The lowest BCUT2D eigenvalue weighted by atomic mass is 9.74. The monoisotopic (exact) mass is 504 g/mol. The minimum Gasteiger partial charge on any atom is -0.135 e. The molecule has 0 fully saturated rings. The van der Waals surface area contributed by atoms with Crippen molar-refractivity contribution in [2.75, 3.05) is 0 Å². The quantitative estimate of drug-likeness (QED) is 0.224. The summed E-state index contributed by atoms with van der Waals surface area (Å²) in [6, 6.07) is 29.9. The van der Waals surface area contributed by atoms with Crippen molar-refractivity contribution in [1.29, 1.82) is 0 Å². The summed E-state index contributed by atoms with van der Waals surface area (Å²) in [6.45, 7) is 21.0. The Morgan fingerprint density at radius 2 is 1.03 bits per heavy atom. The van der Waals surface area contributed by atoms with Crippen LogP contribution in [0.25, 0.3) is 42.4 Å². The number of hydrogen-bond acceptors (Lipinski definition) is 1. The number of thiophene rings is 1. The molecule has 0 amide bonds. The van der Waals surface area contributed by atoms with Gasteiger partial charge in [0.15, 0.2) is 0 Å². The van der Waals surface area contributed by atoms with Crippen molar-refractivity contribution in [2.45, 2.75) is 78.6 Å². The van der Waals surface area contributed by atoms with E-state index < -0.39 is 0 Å². The van der Waals surface area contributed by atoms with Gasteiger partial charge in [-0.1, -0.05) is 129 Å². The Morgan fingerprint density at radius 3 is 1.65 bits per heavy atom. The van der Waals surface area contributed by atoms with E-state index in [1.54, 1.807) is 0 Å². The third-order valence-electron chi connectivity index (χ3n) is 7.48. The fourth-order valence-corrected chi connectivity index (χ4v) is 6.61. The first-order valence-corrected chi connectivity index (χ1v) is 14.3. The molecule has 0 N–H and O–H groups in total. The van der Waals surface area contributed by atoms with Gasteiger partial charge in [-0.2, -0.15) is 0 Å². The highest BCUT2D eigenvalue weighted by Gasteiger charge is 2.27. The van der Waals surface area contributed by atoms with Crippen molar-refractivity contribution in [1.82, 2.24) is 0 Å². The summed E-state index contributed by atoms with van der Waals surface area (Å²) >= 11 is 1.89. The maximum Gasteiger partial charge on any atom is 0.0361 e. The molecule has 1 heterocycles. The SMILES string of the molecule is CC(C)(C)c1cc(-c2cccc(-c3cccc4sc5ccccc5c34)c2C(C)(C)C)cc(C(C)(C)C)c1. The highest BCUT2D eigenvalue weighted by Crippen LogP contribution is 2.46. The molecule has 5 aromatic rings. The van der Waals surface area contributed by atoms with Crippen molar-refractivity contribution < 1.29 is 0 Å². The van der Waals surface area contributed by atoms with Crippen LogP contribution >= 0.6 is 11.3 Å². The van der Waals surface area contributed by atoms with Gasteiger partial charge in [-0.25, -0.2) is 0 Å². The predicted molar refractivity (Wildman–Crippen MR) is 166 cm³/mol. The maximum atomic E-state index is 2.43. The first kappa shape index (κ1) is 25.7. The largest absolute Gasteiger partial charge is 0.135 e. The fourth-order valence-electron chi connectivity index (χ4n) is 5.47. The number of benzene rings is 4. The van der Waals surface area contributed by atoms with Gasteiger partial charge in [0.05, 0.1) is 0 Å². The van der Waals surface area contributed by atoms with Crippen molar-refractivity contribution in [3.8, 4) is 22.3 Å². The highest BCUT2D eigenvalue weighted by molar-refractivity contribution is 7.25. The van der Waals surface area contributed by atoms with E-state index in [0.717, 1.165) is 0 Å². The maximum absolute atomic E-state index is 2.43. The van der Waals surface area contributed by atoms with E-state index in [1.807, 2.05) is 11.3 Å². The van der Waals surface area contributed by atoms with Crippen LogP contribution < -0.4 is 0 Å². The van der Waals surface area contributed by atoms with E-state index in [9.17, 15) is 0 Å². The van der Waals surface area contributed by atoms with Crippen LogP contribution in [0.3, 0.4) is 0 Å². The van der Waals surface area contributed by atoms with E-state index in [1.165, 1.54) is 59.1 Å². The molecule has 0 radical (unpaired) electrons. The third kappa shape index (κ3) is 4.75. The van der Waals surface area contributed by atoms with Crippen LogP contribution in [0.5, 0.6) is 0 Å². The van der Waals surface area contributed by atoms with Crippen molar-refractivity contribution in [3.05, 3.63) is 95.6 Å². The molecule has 4 aromatic carbocycles. The average Bonchev–Trinajstić information content (AvgIpc) is 3.20. The van der Waals surface area contributed by atoms with Gasteiger partial charge in [0.2, 0.25) is 0 Å². The van der Waals surface area contributed by atoms with Crippen LogP contribution in [-0.2, 0) is 16.2 Å². The molecule has 0 aliphatic rings. The summed E-state index contributed by atoms with van der Waals surface area (Å²) < 4.78 is 2.71. The Labute approximate surface area is 227 Å². The smallest absolute Gasteiger partial charge is 0.0361 e. The van der Waals surface area contributed by atoms with Gasteiger partial charge in [-0.3, -0.25) is 0 Å². The zero-order valence-corrected chi connectivity index (χ0v) is 24.7. The minimum absolute atomic E-state index is 0.0282. The second-order valence-electron chi connectivity index (χ2n) is 13.6. The van der Waals surface area contributed by atoms with E-state index in [2.05, 4.69) is 141 Å². The van der Waals surface area contributed by atoms with Gasteiger partial charge in [0.25, 0.3) is 0 Å². The lowest BCUT2D eigenvalue weighted by Gasteiger charge is -2.30. The van der Waals surface area contributed by atoms with Crippen molar-refractivity contribution in [3.63, 3.8) is 0 Å². The fraction of sp³-hybridized carbons (Fsp3) is 0.333. The van der Waals surface area contributed by atoms with Crippen molar-refractivity contribution >= 4 is 31.5 Å². The van der Waals surface area contributed by atoms with Crippen LogP contribution in [-0.4, -0.2) is 0 Å². The van der Waals surface area contributed by atoms with Crippen LogP contribution in [0.1, 0.15) is 79.0 Å². The molecule has 1 heteroatoms. The molecule has 37 heavy (non-hydrogen) atoms. The van der Waals surface area contributed by atoms with E-state index in [4.69, 9.17) is 0 Å². The Balaban J connectivity index is 1.86. The van der Waals surface area contributed by atoms with Crippen molar-refractivity contribution in [2.24, 2.45) is 0 Å². The Kier molecular flexibility index (Phi) is 6.15. The van der Waals surface area contributed by atoms with Gasteiger partial charge in [0, 0.05) is 20.2 Å². The molecule has 0 atom stereocenters. The van der Waals surface area contributed by atoms with E-state index in [0.29, 0.717) is 0 Å². The van der Waals surface area contributed by atoms with Gasteiger partial charge in [0.1, 0.15) is 0 Å². The number of fused-ring (bicyclic) bond motifs is 3. The second-order valence-corrected chi connectivity index (χ2v) is 14.6. The molecule has 0 unspecified atom stereocenters. The normalized spacial score (nSPS) is 13.0. The molecule has 190 valence electrons. The molecular formula is C36H40S. The van der Waals surface area contributed by atoms with Crippen LogP contribution in [0.2, 0.25) is 0 Å². The molecule has 0 saturated heterocycles. The molecule has 0 aliphatic carbocycles.